The Balaban J connectivity index is 1.75. The van der Waals surface area contributed by atoms with Crippen LogP contribution in [0, 0.1) is 5.92 Å². The summed E-state index contributed by atoms with van der Waals surface area (Å²) in [7, 11) is 0. The summed E-state index contributed by atoms with van der Waals surface area (Å²) in [5.74, 6) is -0.991. The average Bonchev–Trinajstić information content (AvgIpc) is 3.00. The minimum absolute atomic E-state index is 0.0203. The van der Waals surface area contributed by atoms with Crippen molar-refractivity contribution in [2.45, 2.75) is 45.3 Å². The number of nitrogens with zero attached hydrogens (tertiary/aromatic N) is 2. The van der Waals surface area contributed by atoms with Crippen LogP contribution in [0.4, 0.5) is 0 Å². The lowest BCUT2D eigenvalue weighted by Gasteiger charge is -2.41. The van der Waals surface area contributed by atoms with Gasteiger partial charge < -0.3 is 5.11 Å². The first-order valence-electron chi connectivity index (χ1n) is 8.14. The van der Waals surface area contributed by atoms with Crippen molar-refractivity contribution in [2.75, 3.05) is 0 Å². The highest BCUT2D eigenvalue weighted by atomic mass is 35.5. The van der Waals surface area contributed by atoms with Gasteiger partial charge in [0, 0.05) is 34.6 Å². The largest absolute Gasteiger partial charge is 0.481 e. The maximum atomic E-state index is 11.4. The molecule has 3 atom stereocenters. The number of aromatic nitrogens is 1. The summed E-state index contributed by atoms with van der Waals surface area (Å²) in [6, 6.07) is 8.06. The Kier molecular flexibility index (Phi) is 5.23. The van der Waals surface area contributed by atoms with Crippen LogP contribution in [0.15, 0.2) is 29.6 Å². The standard InChI is InChI=1S/C18H21ClN2O2S/c1-11-3-8-16(18(22)23)12(2)21(11)9-15-10-24-17(20-15)13-4-6-14(19)7-5-13/h4-7,10-12,16H,3,8-9H2,1-2H3,(H,22,23)/t11-,12+,16+/m1/s1. The van der Waals surface area contributed by atoms with Gasteiger partial charge in [0.2, 0.25) is 0 Å². The number of likely N-dealkylation sites (tertiary alicyclic amines) is 1. The number of halogens is 1. The monoisotopic (exact) mass is 364 g/mol. The van der Waals surface area contributed by atoms with Crippen molar-refractivity contribution >= 4 is 28.9 Å². The fourth-order valence-electron chi connectivity index (χ4n) is 3.38. The third-order valence-electron chi connectivity index (χ3n) is 4.87. The lowest BCUT2D eigenvalue weighted by Crippen LogP contribution is -2.50. The molecule has 1 aliphatic heterocycles. The molecular weight excluding hydrogens is 344 g/mol. The molecule has 0 bridgehead atoms. The summed E-state index contributed by atoms with van der Waals surface area (Å²) < 4.78 is 0. The molecule has 1 saturated heterocycles. The Labute approximate surface area is 151 Å². The van der Waals surface area contributed by atoms with E-state index in [1.807, 2.05) is 31.2 Å². The summed E-state index contributed by atoms with van der Waals surface area (Å²) in [6.45, 7) is 4.87. The van der Waals surface area contributed by atoms with Gasteiger partial charge in [0.05, 0.1) is 11.6 Å². The van der Waals surface area contributed by atoms with Crippen LogP contribution in [0.25, 0.3) is 10.6 Å². The Morgan fingerprint density at radius 3 is 2.71 bits per heavy atom. The zero-order valence-corrected chi connectivity index (χ0v) is 15.3. The van der Waals surface area contributed by atoms with E-state index in [4.69, 9.17) is 16.6 Å². The number of carboxylic acids is 1. The quantitative estimate of drug-likeness (QED) is 0.865. The van der Waals surface area contributed by atoms with Crippen LogP contribution in [-0.2, 0) is 11.3 Å². The first-order chi connectivity index (χ1) is 11.5. The second-order valence-electron chi connectivity index (χ2n) is 6.43. The molecule has 1 fully saturated rings. The smallest absolute Gasteiger partial charge is 0.308 e. The van der Waals surface area contributed by atoms with Crippen molar-refractivity contribution in [3.05, 3.63) is 40.4 Å². The first kappa shape index (κ1) is 17.4. The van der Waals surface area contributed by atoms with Crippen LogP contribution >= 0.6 is 22.9 Å². The Morgan fingerprint density at radius 1 is 1.33 bits per heavy atom. The predicted molar refractivity (Wildman–Crippen MR) is 97.4 cm³/mol. The van der Waals surface area contributed by atoms with Crippen LogP contribution in [0.3, 0.4) is 0 Å². The summed E-state index contributed by atoms with van der Waals surface area (Å²) >= 11 is 7.54. The van der Waals surface area contributed by atoms with Gasteiger partial charge in [0.15, 0.2) is 0 Å². The summed E-state index contributed by atoms with van der Waals surface area (Å²) in [5.41, 5.74) is 2.05. The van der Waals surface area contributed by atoms with E-state index in [1.54, 1.807) is 11.3 Å². The van der Waals surface area contributed by atoms with E-state index < -0.39 is 5.97 Å². The number of aliphatic carboxylic acids is 1. The highest BCUT2D eigenvalue weighted by Crippen LogP contribution is 2.31. The number of carbonyl (C=O) groups is 1. The van der Waals surface area contributed by atoms with Gasteiger partial charge in [-0.2, -0.15) is 0 Å². The van der Waals surface area contributed by atoms with Gasteiger partial charge in [-0.1, -0.05) is 23.7 Å². The van der Waals surface area contributed by atoms with E-state index in [1.165, 1.54) is 0 Å². The van der Waals surface area contributed by atoms with E-state index in [0.29, 0.717) is 17.6 Å². The molecule has 0 radical (unpaired) electrons. The topological polar surface area (TPSA) is 53.4 Å². The fraction of sp³-hybridized carbons (Fsp3) is 0.444. The molecule has 2 heterocycles. The molecule has 0 spiro atoms. The molecule has 4 nitrogen and oxygen atoms in total. The lowest BCUT2D eigenvalue weighted by atomic mass is 9.86. The molecule has 1 aromatic heterocycles. The second kappa shape index (κ2) is 7.21. The van der Waals surface area contributed by atoms with Crippen LogP contribution in [0.2, 0.25) is 5.02 Å². The van der Waals surface area contributed by atoms with Crippen molar-refractivity contribution in [2.24, 2.45) is 5.92 Å². The number of rotatable bonds is 4. The van der Waals surface area contributed by atoms with Gasteiger partial charge in [0.25, 0.3) is 0 Å². The van der Waals surface area contributed by atoms with Crippen LogP contribution in [-0.4, -0.2) is 33.0 Å². The Morgan fingerprint density at radius 2 is 2.04 bits per heavy atom. The van der Waals surface area contributed by atoms with E-state index in [2.05, 4.69) is 17.2 Å². The highest BCUT2D eigenvalue weighted by molar-refractivity contribution is 7.13. The zero-order valence-electron chi connectivity index (χ0n) is 13.8. The molecule has 24 heavy (non-hydrogen) atoms. The number of hydrogen-bond acceptors (Lipinski definition) is 4. The average molecular weight is 365 g/mol. The van der Waals surface area contributed by atoms with Gasteiger partial charge in [0.1, 0.15) is 5.01 Å². The SMILES string of the molecule is C[C@@H]1CC[C@H](C(=O)O)[C@H](C)N1Cc1csc(-c2ccc(Cl)cc2)n1. The van der Waals surface area contributed by atoms with Crippen LogP contribution in [0.1, 0.15) is 32.4 Å². The van der Waals surface area contributed by atoms with Crippen LogP contribution < -0.4 is 0 Å². The molecule has 1 aliphatic rings. The predicted octanol–water partition coefficient (Wildman–Crippen LogP) is 4.54. The Bertz CT molecular complexity index is 716. The molecular formula is C18H21ClN2O2S. The summed E-state index contributed by atoms with van der Waals surface area (Å²) in [5, 5.41) is 13.1. The number of carboxylic acid groups (broad SMARTS) is 1. The van der Waals surface area contributed by atoms with Gasteiger partial charge in [-0.25, -0.2) is 4.98 Å². The number of piperidine rings is 1. The highest BCUT2D eigenvalue weighted by Gasteiger charge is 2.36. The fourth-order valence-corrected chi connectivity index (χ4v) is 4.32. The zero-order chi connectivity index (χ0) is 17.3. The summed E-state index contributed by atoms with van der Waals surface area (Å²) in [6.07, 6.45) is 1.66. The molecule has 0 aliphatic carbocycles. The van der Waals surface area contributed by atoms with Gasteiger partial charge in [-0.3, -0.25) is 9.69 Å². The van der Waals surface area contributed by atoms with Crippen molar-refractivity contribution < 1.29 is 9.90 Å². The van der Waals surface area contributed by atoms with Crippen molar-refractivity contribution in [3.63, 3.8) is 0 Å². The van der Waals surface area contributed by atoms with Crippen LogP contribution in [0.5, 0.6) is 0 Å². The number of hydrogen-bond donors (Lipinski definition) is 1. The lowest BCUT2D eigenvalue weighted by molar-refractivity contribution is -0.146. The number of thiazole rings is 1. The maximum absolute atomic E-state index is 11.4. The minimum atomic E-state index is -0.695. The van der Waals surface area contributed by atoms with E-state index in [9.17, 15) is 9.90 Å². The normalized spacial score (nSPS) is 24.9. The summed E-state index contributed by atoms with van der Waals surface area (Å²) in [4.78, 5) is 18.4. The van der Waals surface area contributed by atoms with E-state index in [0.717, 1.165) is 29.1 Å². The maximum Gasteiger partial charge on any atom is 0.308 e. The molecule has 6 heteroatoms. The molecule has 1 N–H and O–H groups in total. The van der Waals surface area contributed by atoms with Crippen molar-refractivity contribution in [1.29, 1.82) is 0 Å². The van der Waals surface area contributed by atoms with Gasteiger partial charge in [-0.05, 0) is 38.8 Å². The van der Waals surface area contributed by atoms with E-state index in [-0.39, 0.29) is 12.0 Å². The van der Waals surface area contributed by atoms with Crippen molar-refractivity contribution in [1.82, 2.24) is 9.88 Å². The third-order valence-corrected chi connectivity index (χ3v) is 6.06. The molecule has 1 aromatic carbocycles. The molecule has 3 rings (SSSR count). The molecule has 128 valence electrons. The first-order valence-corrected chi connectivity index (χ1v) is 9.40. The molecule has 2 aromatic rings. The molecule has 0 unspecified atom stereocenters. The molecule has 0 saturated carbocycles. The van der Waals surface area contributed by atoms with Gasteiger partial charge in [-0.15, -0.1) is 11.3 Å². The number of benzene rings is 1. The second-order valence-corrected chi connectivity index (χ2v) is 7.73. The third kappa shape index (κ3) is 3.63. The van der Waals surface area contributed by atoms with E-state index >= 15 is 0 Å². The Hall–Kier alpha value is -1.43. The van der Waals surface area contributed by atoms with Crippen molar-refractivity contribution in [3.8, 4) is 10.6 Å². The molecule has 0 amide bonds. The minimum Gasteiger partial charge on any atom is -0.481 e. The van der Waals surface area contributed by atoms with Gasteiger partial charge >= 0.3 is 5.97 Å².